The van der Waals surface area contributed by atoms with Gasteiger partial charge in [-0.3, -0.25) is 4.98 Å². The molecule has 0 unspecified atom stereocenters. The summed E-state index contributed by atoms with van der Waals surface area (Å²) >= 11 is 1.16. The van der Waals surface area contributed by atoms with E-state index in [4.69, 9.17) is 5.11 Å². The van der Waals surface area contributed by atoms with Crippen LogP contribution in [-0.2, 0) is 6.54 Å². The molecule has 5 nitrogen and oxygen atoms in total. The van der Waals surface area contributed by atoms with Gasteiger partial charge in [-0.1, -0.05) is 6.07 Å². The topological polar surface area (TPSA) is 75.1 Å². The summed E-state index contributed by atoms with van der Waals surface area (Å²) in [5.41, 5.74) is 2.59. The number of carboxylic acid groups (broad SMARTS) is 1. The second kappa shape index (κ2) is 5.14. The van der Waals surface area contributed by atoms with E-state index >= 15 is 0 Å². The van der Waals surface area contributed by atoms with Crippen molar-refractivity contribution in [3.05, 3.63) is 40.8 Å². The molecule has 0 aliphatic heterocycles. The highest BCUT2D eigenvalue weighted by Crippen LogP contribution is 2.24. The van der Waals surface area contributed by atoms with E-state index in [0.717, 1.165) is 22.9 Å². The van der Waals surface area contributed by atoms with Gasteiger partial charge < -0.3 is 10.4 Å². The molecular weight excluding hydrogens is 250 g/mol. The maximum atomic E-state index is 11.1. The lowest BCUT2D eigenvalue weighted by Gasteiger charge is -2.05. The number of hydrogen-bond acceptors (Lipinski definition) is 5. The molecule has 0 spiro atoms. The van der Waals surface area contributed by atoms with Gasteiger partial charge in [-0.05, 0) is 37.5 Å². The molecule has 2 aromatic rings. The zero-order valence-corrected chi connectivity index (χ0v) is 10.9. The SMILES string of the molecule is Cc1cccc(CNc2snc(C)c2C(=O)O)n1. The third-order valence-corrected chi connectivity index (χ3v) is 3.35. The predicted molar refractivity (Wildman–Crippen MR) is 70.1 cm³/mol. The molecule has 2 heterocycles. The number of carbonyl (C=O) groups is 1. The Kier molecular flexibility index (Phi) is 3.57. The van der Waals surface area contributed by atoms with Crippen LogP contribution in [0, 0.1) is 13.8 Å². The Labute approximate surface area is 109 Å². The van der Waals surface area contributed by atoms with Gasteiger partial charge in [0, 0.05) is 5.69 Å². The maximum absolute atomic E-state index is 11.1. The number of aromatic carboxylic acids is 1. The predicted octanol–water partition coefficient (Wildman–Crippen LogP) is 2.47. The second-order valence-electron chi connectivity index (χ2n) is 3.90. The average molecular weight is 263 g/mol. The van der Waals surface area contributed by atoms with Crippen molar-refractivity contribution < 1.29 is 9.90 Å². The Hall–Kier alpha value is -1.95. The molecule has 0 saturated carbocycles. The first kappa shape index (κ1) is 12.5. The first-order chi connectivity index (χ1) is 8.58. The van der Waals surface area contributed by atoms with E-state index in [1.165, 1.54) is 0 Å². The molecule has 0 bridgehead atoms. The van der Waals surface area contributed by atoms with Crippen molar-refractivity contribution in [1.29, 1.82) is 0 Å². The zero-order valence-electron chi connectivity index (χ0n) is 10.1. The molecule has 18 heavy (non-hydrogen) atoms. The Balaban J connectivity index is 2.13. The molecular formula is C12H13N3O2S. The molecule has 2 aromatic heterocycles. The van der Waals surface area contributed by atoms with Crippen molar-refractivity contribution in [2.45, 2.75) is 20.4 Å². The van der Waals surface area contributed by atoms with E-state index in [0.29, 0.717) is 17.2 Å². The van der Waals surface area contributed by atoms with Gasteiger partial charge in [-0.15, -0.1) is 0 Å². The summed E-state index contributed by atoms with van der Waals surface area (Å²) in [6.07, 6.45) is 0. The van der Waals surface area contributed by atoms with Crippen molar-refractivity contribution in [1.82, 2.24) is 9.36 Å². The quantitative estimate of drug-likeness (QED) is 0.886. The van der Waals surface area contributed by atoms with Gasteiger partial charge in [0.15, 0.2) is 0 Å². The van der Waals surface area contributed by atoms with Crippen LogP contribution in [-0.4, -0.2) is 20.4 Å². The number of hydrogen-bond donors (Lipinski definition) is 2. The normalized spacial score (nSPS) is 10.3. The molecule has 0 saturated heterocycles. The zero-order chi connectivity index (χ0) is 13.1. The molecule has 94 valence electrons. The van der Waals surface area contributed by atoms with Crippen molar-refractivity contribution >= 4 is 22.5 Å². The summed E-state index contributed by atoms with van der Waals surface area (Å²) in [5, 5.41) is 12.7. The highest BCUT2D eigenvalue weighted by Gasteiger charge is 2.17. The maximum Gasteiger partial charge on any atom is 0.340 e. The van der Waals surface area contributed by atoms with Crippen LogP contribution < -0.4 is 5.32 Å². The van der Waals surface area contributed by atoms with Gasteiger partial charge in [0.25, 0.3) is 0 Å². The number of pyridine rings is 1. The molecule has 0 aliphatic carbocycles. The van der Waals surface area contributed by atoms with E-state index in [-0.39, 0.29) is 5.56 Å². The smallest absolute Gasteiger partial charge is 0.340 e. The Morgan fingerprint density at radius 2 is 2.22 bits per heavy atom. The Morgan fingerprint density at radius 3 is 2.89 bits per heavy atom. The molecule has 0 fully saturated rings. The molecule has 0 amide bonds. The summed E-state index contributed by atoms with van der Waals surface area (Å²) in [5.74, 6) is -0.957. The van der Waals surface area contributed by atoms with Crippen LogP contribution >= 0.6 is 11.5 Å². The fraction of sp³-hybridized carbons (Fsp3) is 0.250. The number of aromatic nitrogens is 2. The molecule has 0 aromatic carbocycles. The lowest BCUT2D eigenvalue weighted by molar-refractivity contribution is 0.0697. The minimum atomic E-state index is -0.957. The summed E-state index contributed by atoms with van der Waals surface area (Å²) < 4.78 is 4.05. The number of nitrogens with one attached hydrogen (secondary N) is 1. The first-order valence-electron chi connectivity index (χ1n) is 5.44. The standard InChI is InChI=1S/C12H13N3O2S/c1-7-4-3-5-9(14-7)6-13-11-10(12(16)17)8(2)15-18-11/h3-5,13H,6H2,1-2H3,(H,16,17). The van der Waals surface area contributed by atoms with Crippen molar-refractivity contribution in [2.24, 2.45) is 0 Å². The molecule has 6 heteroatoms. The Bertz CT molecular complexity index is 580. The highest BCUT2D eigenvalue weighted by atomic mass is 32.1. The minimum absolute atomic E-state index is 0.243. The van der Waals surface area contributed by atoms with Gasteiger partial charge in [-0.25, -0.2) is 4.79 Å². The number of rotatable bonds is 4. The van der Waals surface area contributed by atoms with Gasteiger partial charge in [0.2, 0.25) is 0 Å². The van der Waals surface area contributed by atoms with Crippen molar-refractivity contribution in [3.8, 4) is 0 Å². The Morgan fingerprint density at radius 1 is 1.44 bits per heavy atom. The van der Waals surface area contributed by atoms with Crippen LogP contribution in [0.4, 0.5) is 5.00 Å². The summed E-state index contributed by atoms with van der Waals surface area (Å²) in [6.45, 7) is 4.10. The minimum Gasteiger partial charge on any atom is -0.478 e. The fourth-order valence-corrected chi connectivity index (χ4v) is 2.39. The van der Waals surface area contributed by atoms with Crippen molar-refractivity contribution in [3.63, 3.8) is 0 Å². The third kappa shape index (κ3) is 2.65. The lowest BCUT2D eigenvalue weighted by Crippen LogP contribution is -2.06. The van der Waals surface area contributed by atoms with E-state index in [1.807, 2.05) is 25.1 Å². The molecule has 2 N–H and O–H groups in total. The molecule has 2 rings (SSSR count). The monoisotopic (exact) mass is 263 g/mol. The van der Waals surface area contributed by atoms with E-state index in [2.05, 4.69) is 14.7 Å². The van der Waals surface area contributed by atoms with E-state index in [1.54, 1.807) is 6.92 Å². The van der Waals surface area contributed by atoms with E-state index < -0.39 is 5.97 Å². The summed E-state index contributed by atoms with van der Waals surface area (Å²) in [7, 11) is 0. The van der Waals surface area contributed by atoms with Crippen molar-refractivity contribution in [2.75, 3.05) is 5.32 Å². The van der Waals surface area contributed by atoms with Crippen LogP contribution in [0.5, 0.6) is 0 Å². The summed E-state index contributed by atoms with van der Waals surface area (Å²) in [6, 6.07) is 5.74. The second-order valence-corrected chi connectivity index (χ2v) is 4.67. The largest absolute Gasteiger partial charge is 0.478 e. The average Bonchev–Trinajstić information content (AvgIpc) is 2.68. The number of aryl methyl sites for hydroxylation is 2. The first-order valence-corrected chi connectivity index (χ1v) is 6.21. The summed E-state index contributed by atoms with van der Waals surface area (Å²) in [4.78, 5) is 15.4. The van der Waals surface area contributed by atoms with Gasteiger partial charge in [-0.2, -0.15) is 4.37 Å². The highest BCUT2D eigenvalue weighted by molar-refractivity contribution is 7.10. The number of carboxylic acids is 1. The lowest BCUT2D eigenvalue weighted by atomic mass is 10.2. The van der Waals surface area contributed by atoms with Gasteiger partial charge >= 0.3 is 5.97 Å². The van der Waals surface area contributed by atoms with Crippen LogP contribution in [0.25, 0.3) is 0 Å². The number of nitrogens with zero attached hydrogens (tertiary/aromatic N) is 2. The van der Waals surface area contributed by atoms with Crippen LogP contribution in [0.2, 0.25) is 0 Å². The van der Waals surface area contributed by atoms with Gasteiger partial charge in [0.05, 0.1) is 17.9 Å². The van der Waals surface area contributed by atoms with Crippen LogP contribution in [0.15, 0.2) is 18.2 Å². The fourth-order valence-electron chi connectivity index (χ4n) is 1.61. The molecule has 0 aliphatic rings. The molecule has 0 radical (unpaired) electrons. The van der Waals surface area contributed by atoms with E-state index in [9.17, 15) is 4.79 Å². The third-order valence-electron chi connectivity index (χ3n) is 2.45. The van der Waals surface area contributed by atoms with Crippen LogP contribution in [0.3, 0.4) is 0 Å². The van der Waals surface area contributed by atoms with Gasteiger partial charge in [0.1, 0.15) is 10.6 Å². The molecule has 0 atom stereocenters. The van der Waals surface area contributed by atoms with Crippen LogP contribution in [0.1, 0.15) is 27.4 Å². The number of anilines is 1.